The van der Waals surface area contributed by atoms with E-state index in [1.54, 1.807) is 0 Å². The predicted molar refractivity (Wildman–Crippen MR) is 66.4 cm³/mol. The van der Waals surface area contributed by atoms with Gasteiger partial charge in [0.2, 0.25) is 5.71 Å². The Hall–Kier alpha value is -2.36. The van der Waals surface area contributed by atoms with E-state index in [2.05, 4.69) is 9.97 Å². The molecule has 0 aliphatic heterocycles. The summed E-state index contributed by atoms with van der Waals surface area (Å²) in [6.45, 7) is 1.97. The highest BCUT2D eigenvalue weighted by atomic mass is 16.3. The third kappa shape index (κ3) is 1.45. The van der Waals surface area contributed by atoms with Crippen molar-refractivity contribution in [2.24, 2.45) is 0 Å². The van der Waals surface area contributed by atoms with Crippen LogP contribution in [0.15, 0.2) is 41.1 Å². The molecule has 0 spiro atoms. The molecule has 0 unspecified atom stereocenters. The van der Waals surface area contributed by atoms with Gasteiger partial charge in [-0.15, -0.1) is 0 Å². The summed E-state index contributed by atoms with van der Waals surface area (Å²) in [6.07, 6.45) is 1.41. The fourth-order valence-electron chi connectivity index (χ4n) is 1.96. The Labute approximate surface area is 98.1 Å². The van der Waals surface area contributed by atoms with Crippen molar-refractivity contribution in [2.75, 3.05) is 5.73 Å². The Morgan fingerprint density at radius 1 is 1.12 bits per heavy atom. The molecular weight excluding hydrogens is 214 g/mol. The lowest BCUT2D eigenvalue weighted by atomic mass is 10.1. The Balaban J connectivity index is 2.33. The van der Waals surface area contributed by atoms with Gasteiger partial charge in [0.05, 0.1) is 5.39 Å². The molecule has 4 heteroatoms. The van der Waals surface area contributed by atoms with Gasteiger partial charge >= 0.3 is 0 Å². The molecule has 0 saturated carbocycles. The molecule has 1 aromatic carbocycles. The molecule has 0 saturated heterocycles. The van der Waals surface area contributed by atoms with E-state index in [9.17, 15) is 0 Å². The van der Waals surface area contributed by atoms with Crippen molar-refractivity contribution in [3.63, 3.8) is 0 Å². The second kappa shape index (κ2) is 3.59. The minimum Gasteiger partial charge on any atom is -0.437 e. The summed E-state index contributed by atoms with van der Waals surface area (Å²) in [4.78, 5) is 8.07. The fraction of sp³-hybridized carbons (Fsp3) is 0.0769. The van der Waals surface area contributed by atoms with Crippen molar-refractivity contribution >= 4 is 16.9 Å². The highest BCUT2D eigenvalue weighted by Gasteiger charge is 2.15. The van der Waals surface area contributed by atoms with E-state index in [1.807, 2.05) is 37.3 Å². The smallest absolute Gasteiger partial charge is 0.232 e. The number of aryl methyl sites for hydroxylation is 1. The van der Waals surface area contributed by atoms with Crippen LogP contribution in [0.3, 0.4) is 0 Å². The maximum atomic E-state index is 5.84. The van der Waals surface area contributed by atoms with E-state index in [0.717, 1.165) is 22.3 Å². The number of fused-ring (bicyclic) bond motifs is 1. The number of aromatic nitrogens is 2. The molecule has 0 aliphatic carbocycles. The summed E-state index contributed by atoms with van der Waals surface area (Å²) in [6, 6.07) is 9.90. The van der Waals surface area contributed by atoms with Crippen LogP contribution in [0.4, 0.5) is 5.82 Å². The number of nitrogen functional groups attached to an aromatic ring is 1. The van der Waals surface area contributed by atoms with Crippen LogP contribution in [0.2, 0.25) is 0 Å². The number of rotatable bonds is 1. The second-order valence-corrected chi connectivity index (χ2v) is 3.86. The number of anilines is 1. The Morgan fingerprint density at radius 3 is 2.59 bits per heavy atom. The molecule has 0 bridgehead atoms. The molecule has 3 rings (SSSR count). The molecule has 0 atom stereocenters. The van der Waals surface area contributed by atoms with Crippen molar-refractivity contribution in [1.29, 1.82) is 0 Å². The topological polar surface area (TPSA) is 64.9 Å². The van der Waals surface area contributed by atoms with Crippen molar-refractivity contribution in [3.8, 4) is 11.3 Å². The first-order valence-corrected chi connectivity index (χ1v) is 5.32. The van der Waals surface area contributed by atoms with E-state index in [-0.39, 0.29) is 0 Å². The SMILES string of the molecule is Cc1c(-c2ccccc2)oc2ncnc(N)c12. The summed E-state index contributed by atoms with van der Waals surface area (Å²) < 4.78 is 5.73. The van der Waals surface area contributed by atoms with Crippen molar-refractivity contribution in [1.82, 2.24) is 9.97 Å². The normalized spacial score (nSPS) is 10.9. The fourth-order valence-corrected chi connectivity index (χ4v) is 1.96. The van der Waals surface area contributed by atoms with E-state index in [1.165, 1.54) is 6.33 Å². The number of furan rings is 1. The minimum absolute atomic E-state index is 0.457. The van der Waals surface area contributed by atoms with Gasteiger partial charge in [-0.3, -0.25) is 0 Å². The van der Waals surface area contributed by atoms with Gasteiger partial charge in [0.1, 0.15) is 17.9 Å². The van der Waals surface area contributed by atoms with Gasteiger partial charge in [-0.05, 0) is 6.92 Å². The Bertz CT molecular complexity index is 674. The molecule has 17 heavy (non-hydrogen) atoms. The van der Waals surface area contributed by atoms with Gasteiger partial charge in [-0.25, -0.2) is 9.97 Å². The van der Waals surface area contributed by atoms with E-state index >= 15 is 0 Å². The Morgan fingerprint density at radius 2 is 1.88 bits per heavy atom. The maximum Gasteiger partial charge on any atom is 0.232 e. The van der Waals surface area contributed by atoms with Crippen LogP contribution in [0, 0.1) is 6.92 Å². The highest BCUT2D eigenvalue weighted by Crippen LogP contribution is 2.33. The van der Waals surface area contributed by atoms with Crippen LogP contribution in [0.1, 0.15) is 5.56 Å². The summed E-state index contributed by atoms with van der Waals surface area (Å²) in [7, 11) is 0. The largest absolute Gasteiger partial charge is 0.437 e. The van der Waals surface area contributed by atoms with Gasteiger partial charge in [-0.2, -0.15) is 0 Å². The number of hydrogen-bond acceptors (Lipinski definition) is 4. The van der Waals surface area contributed by atoms with Crippen LogP contribution >= 0.6 is 0 Å². The first-order valence-electron chi connectivity index (χ1n) is 5.32. The average Bonchev–Trinajstić information content (AvgIpc) is 2.69. The van der Waals surface area contributed by atoms with Crippen LogP contribution in [0.5, 0.6) is 0 Å². The number of benzene rings is 1. The molecule has 0 aliphatic rings. The lowest BCUT2D eigenvalue weighted by Gasteiger charge is -1.97. The second-order valence-electron chi connectivity index (χ2n) is 3.86. The zero-order valence-electron chi connectivity index (χ0n) is 9.34. The summed E-state index contributed by atoms with van der Waals surface area (Å²) in [5.74, 6) is 1.26. The standard InChI is InChI=1S/C13H11N3O/c1-8-10-12(14)15-7-16-13(10)17-11(8)9-5-3-2-4-6-9/h2-7H,1H3,(H2,14,15,16). The predicted octanol–water partition coefficient (Wildman–Crippen LogP) is 2.78. The number of nitrogens with two attached hydrogens (primary N) is 1. The van der Waals surface area contributed by atoms with Gasteiger partial charge in [0.25, 0.3) is 0 Å². The van der Waals surface area contributed by atoms with Crippen LogP contribution in [-0.2, 0) is 0 Å². The lowest BCUT2D eigenvalue weighted by molar-refractivity contribution is 0.615. The average molecular weight is 225 g/mol. The molecule has 84 valence electrons. The van der Waals surface area contributed by atoms with E-state index < -0.39 is 0 Å². The molecule has 3 aromatic rings. The molecule has 0 radical (unpaired) electrons. The zero-order chi connectivity index (χ0) is 11.8. The van der Waals surface area contributed by atoms with Gasteiger partial charge < -0.3 is 10.2 Å². The van der Waals surface area contributed by atoms with Gasteiger partial charge in [0.15, 0.2) is 0 Å². The van der Waals surface area contributed by atoms with Gasteiger partial charge in [-0.1, -0.05) is 30.3 Å². The number of hydrogen-bond donors (Lipinski definition) is 1. The summed E-state index contributed by atoms with van der Waals surface area (Å²) in [5, 5.41) is 0.798. The molecule has 4 nitrogen and oxygen atoms in total. The van der Waals surface area contributed by atoms with Crippen LogP contribution < -0.4 is 5.73 Å². The first-order chi connectivity index (χ1) is 8.27. The van der Waals surface area contributed by atoms with E-state index in [4.69, 9.17) is 10.2 Å². The Kier molecular flexibility index (Phi) is 2.08. The van der Waals surface area contributed by atoms with Crippen molar-refractivity contribution < 1.29 is 4.42 Å². The molecule has 0 fully saturated rings. The van der Waals surface area contributed by atoms with Crippen LogP contribution in [0.25, 0.3) is 22.4 Å². The monoisotopic (exact) mass is 225 g/mol. The molecule has 2 heterocycles. The maximum absolute atomic E-state index is 5.84. The molecular formula is C13H11N3O. The quantitative estimate of drug-likeness (QED) is 0.691. The van der Waals surface area contributed by atoms with Crippen molar-refractivity contribution in [3.05, 3.63) is 42.2 Å². The number of nitrogens with zero attached hydrogens (tertiary/aromatic N) is 2. The zero-order valence-corrected chi connectivity index (χ0v) is 9.34. The van der Waals surface area contributed by atoms with E-state index in [0.29, 0.717) is 11.5 Å². The minimum atomic E-state index is 0.457. The first kappa shape index (κ1) is 9.84. The molecule has 2 aromatic heterocycles. The summed E-state index contributed by atoms with van der Waals surface area (Å²) >= 11 is 0. The van der Waals surface area contributed by atoms with Gasteiger partial charge in [0, 0.05) is 11.1 Å². The van der Waals surface area contributed by atoms with Crippen LogP contribution in [-0.4, -0.2) is 9.97 Å². The third-order valence-electron chi connectivity index (χ3n) is 2.79. The summed E-state index contributed by atoms with van der Waals surface area (Å²) in [5.41, 5.74) is 8.37. The molecule has 0 amide bonds. The molecule has 2 N–H and O–H groups in total. The third-order valence-corrected chi connectivity index (χ3v) is 2.79. The lowest BCUT2D eigenvalue weighted by Crippen LogP contribution is -1.91. The highest BCUT2D eigenvalue weighted by molar-refractivity contribution is 5.92. The van der Waals surface area contributed by atoms with Crippen molar-refractivity contribution in [2.45, 2.75) is 6.92 Å².